The number of aliphatic hydroxyl groups is 3. The van der Waals surface area contributed by atoms with Crippen LogP contribution in [0.3, 0.4) is 0 Å². The summed E-state index contributed by atoms with van der Waals surface area (Å²) in [6, 6.07) is 16.3. The summed E-state index contributed by atoms with van der Waals surface area (Å²) >= 11 is 0. The molecule has 4 atom stereocenters. The predicted octanol–water partition coefficient (Wildman–Crippen LogP) is 1.09. The Morgan fingerprint density at radius 2 is 1.36 bits per heavy atom. The zero-order chi connectivity index (χ0) is 20.1. The minimum atomic E-state index is -2.24. The van der Waals surface area contributed by atoms with Gasteiger partial charge in [-0.3, -0.25) is 0 Å². The van der Waals surface area contributed by atoms with Crippen molar-refractivity contribution in [1.82, 2.24) is 0 Å². The van der Waals surface area contributed by atoms with E-state index < -0.39 is 42.5 Å². The third-order valence-electron chi connectivity index (χ3n) is 4.54. The molecule has 2 aromatic rings. The first-order valence-corrected chi connectivity index (χ1v) is 8.67. The molecule has 3 N–H and O–H groups in total. The fourth-order valence-electron chi connectivity index (χ4n) is 2.89. The molecule has 3 rings (SSSR count). The van der Waals surface area contributed by atoms with Crippen molar-refractivity contribution in [1.29, 1.82) is 0 Å². The van der Waals surface area contributed by atoms with Gasteiger partial charge in [-0.05, 0) is 36.4 Å². The summed E-state index contributed by atoms with van der Waals surface area (Å²) in [4.78, 5) is 24.5. The second-order valence-electron chi connectivity index (χ2n) is 6.41. The highest BCUT2D eigenvalue weighted by molar-refractivity contribution is 5.90. The van der Waals surface area contributed by atoms with E-state index in [1.807, 2.05) is 0 Å². The highest BCUT2D eigenvalue weighted by Crippen LogP contribution is 2.29. The number of hydrogen-bond donors (Lipinski definition) is 3. The molecule has 0 spiro atoms. The molecule has 1 aliphatic carbocycles. The lowest BCUT2D eigenvalue weighted by molar-refractivity contribution is -0.183. The van der Waals surface area contributed by atoms with Crippen LogP contribution in [0.2, 0.25) is 0 Å². The van der Waals surface area contributed by atoms with E-state index in [1.54, 1.807) is 48.5 Å². The van der Waals surface area contributed by atoms with Crippen molar-refractivity contribution in [3.05, 3.63) is 83.9 Å². The smallest absolute Gasteiger partial charge is 0.338 e. The third kappa shape index (κ3) is 3.96. The van der Waals surface area contributed by atoms with Gasteiger partial charge in [0.05, 0.1) is 17.7 Å². The Hall–Kier alpha value is -3.00. The van der Waals surface area contributed by atoms with E-state index in [2.05, 4.69) is 0 Å². The first-order valence-electron chi connectivity index (χ1n) is 8.67. The van der Waals surface area contributed by atoms with Crippen molar-refractivity contribution < 1.29 is 34.4 Å². The van der Waals surface area contributed by atoms with Gasteiger partial charge in [-0.1, -0.05) is 36.4 Å². The van der Waals surface area contributed by atoms with Crippen molar-refractivity contribution in [2.24, 2.45) is 0 Å². The average molecular weight is 384 g/mol. The van der Waals surface area contributed by atoms with E-state index in [0.717, 1.165) is 0 Å². The van der Waals surface area contributed by atoms with Crippen molar-refractivity contribution in [3.63, 3.8) is 0 Å². The average Bonchev–Trinajstić information content (AvgIpc) is 2.74. The molecule has 0 fully saturated rings. The summed E-state index contributed by atoms with van der Waals surface area (Å²) in [6.45, 7) is -0.912. The van der Waals surface area contributed by atoms with Gasteiger partial charge in [0.15, 0.2) is 11.7 Å². The van der Waals surface area contributed by atoms with Gasteiger partial charge in [0.1, 0.15) is 12.2 Å². The number of ether oxygens (including phenoxy) is 2. The molecule has 4 unspecified atom stereocenters. The van der Waals surface area contributed by atoms with Crippen LogP contribution in [0.1, 0.15) is 20.7 Å². The molecule has 0 aromatic heterocycles. The molecule has 0 heterocycles. The van der Waals surface area contributed by atoms with Crippen LogP contribution in [0.5, 0.6) is 0 Å². The van der Waals surface area contributed by atoms with Crippen LogP contribution in [0.4, 0.5) is 0 Å². The molecule has 0 saturated heterocycles. The van der Waals surface area contributed by atoms with Crippen LogP contribution < -0.4 is 0 Å². The van der Waals surface area contributed by atoms with Crippen LogP contribution >= 0.6 is 0 Å². The van der Waals surface area contributed by atoms with Gasteiger partial charge >= 0.3 is 11.9 Å². The van der Waals surface area contributed by atoms with Gasteiger partial charge in [0.25, 0.3) is 0 Å². The predicted molar refractivity (Wildman–Crippen MR) is 98.5 cm³/mol. The first-order chi connectivity index (χ1) is 13.5. The Kier molecular flexibility index (Phi) is 5.89. The van der Waals surface area contributed by atoms with E-state index in [1.165, 1.54) is 24.3 Å². The lowest BCUT2D eigenvalue weighted by atomic mass is 9.82. The lowest BCUT2D eigenvalue weighted by Gasteiger charge is -2.41. The Morgan fingerprint density at radius 1 is 0.857 bits per heavy atom. The molecule has 2 aromatic carbocycles. The summed E-state index contributed by atoms with van der Waals surface area (Å²) in [6.07, 6.45) is -1.65. The standard InChI is InChI=1S/C21H20O7/c22-13-21(26)17(28-20(25)15-9-5-2-6-10-15)12-11-16(18(21)23)27-19(24)14-7-3-1-4-8-14/h1-12,16-18,22-23,26H,13H2. The second kappa shape index (κ2) is 8.35. The zero-order valence-corrected chi connectivity index (χ0v) is 14.8. The van der Waals surface area contributed by atoms with E-state index in [4.69, 9.17) is 9.47 Å². The molecule has 0 amide bonds. The highest BCUT2D eigenvalue weighted by Gasteiger charge is 2.51. The van der Waals surface area contributed by atoms with E-state index in [0.29, 0.717) is 0 Å². The molecular formula is C21H20O7. The Morgan fingerprint density at radius 3 is 1.86 bits per heavy atom. The maximum Gasteiger partial charge on any atom is 0.338 e. The van der Waals surface area contributed by atoms with Gasteiger partial charge in [-0.25, -0.2) is 9.59 Å². The number of esters is 2. The van der Waals surface area contributed by atoms with E-state index >= 15 is 0 Å². The Labute approximate surface area is 161 Å². The molecule has 0 saturated carbocycles. The molecule has 1 aliphatic rings. The monoisotopic (exact) mass is 384 g/mol. The van der Waals surface area contributed by atoms with Gasteiger partial charge < -0.3 is 24.8 Å². The molecule has 7 heteroatoms. The number of rotatable bonds is 5. The quantitative estimate of drug-likeness (QED) is 0.522. The number of hydrogen-bond acceptors (Lipinski definition) is 7. The van der Waals surface area contributed by atoms with Gasteiger partial charge in [0, 0.05) is 0 Å². The fourth-order valence-corrected chi connectivity index (χ4v) is 2.89. The highest BCUT2D eigenvalue weighted by atomic mass is 16.6. The van der Waals surface area contributed by atoms with Crippen molar-refractivity contribution in [2.75, 3.05) is 6.61 Å². The van der Waals surface area contributed by atoms with Crippen LogP contribution in [-0.2, 0) is 9.47 Å². The summed E-state index contributed by atoms with van der Waals surface area (Å²) in [5.74, 6) is -1.43. The number of aliphatic hydroxyl groups excluding tert-OH is 2. The van der Waals surface area contributed by atoms with Crippen molar-refractivity contribution in [3.8, 4) is 0 Å². The van der Waals surface area contributed by atoms with Crippen molar-refractivity contribution in [2.45, 2.75) is 23.9 Å². The van der Waals surface area contributed by atoms with Crippen molar-refractivity contribution >= 4 is 11.9 Å². The minimum Gasteiger partial charge on any atom is -0.452 e. The second-order valence-corrected chi connectivity index (χ2v) is 6.41. The Bertz CT molecular complexity index is 850. The van der Waals surface area contributed by atoms with Crippen LogP contribution in [0, 0.1) is 0 Å². The summed E-state index contributed by atoms with van der Waals surface area (Å²) in [5.41, 5.74) is -1.71. The van der Waals surface area contributed by atoms with Crippen LogP contribution in [-0.4, -0.2) is 57.8 Å². The number of carbonyl (C=O) groups is 2. The van der Waals surface area contributed by atoms with Crippen LogP contribution in [0.15, 0.2) is 72.8 Å². The summed E-state index contributed by atoms with van der Waals surface area (Å²) in [7, 11) is 0. The van der Waals surface area contributed by atoms with Crippen LogP contribution in [0.25, 0.3) is 0 Å². The first kappa shape index (κ1) is 19.8. The Balaban J connectivity index is 1.76. The largest absolute Gasteiger partial charge is 0.452 e. The molecule has 28 heavy (non-hydrogen) atoms. The lowest BCUT2D eigenvalue weighted by Crippen LogP contribution is -2.62. The molecule has 0 aliphatic heterocycles. The van der Waals surface area contributed by atoms with E-state index in [-0.39, 0.29) is 11.1 Å². The normalized spacial score (nSPS) is 26.5. The molecule has 0 bridgehead atoms. The number of benzene rings is 2. The molecular weight excluding hydrogens is 364 g/mol. The van der Waals surface area contributed by atoms with Gasteiger partial charge in [-0.15, -0.1) is 0 Å². The maximum absolute atomic E-state index is 12.3. The topological polar surface area (TPSA) is 113 Å². The molecule has 146 valence electrons. The zero-order valence-electron chi connectivity index (χ0n) is 14.8. The molecule has 0 radical (unpaired) electrons. The third-order valence-corrected chi connectivity index (χ3v) is 4.54. The molecule has 7 nitrogen and oxygen atoms in total. The summed E-state index contributed by atoms with van der Waals surface area (Å²) in [5, 5.41) is 30.9. The summed E-state index contributed by atoms with van der Waals surface area (Å²) < 4.78 is 10.5. The van der Waals surface area contributed by atoms with Gasteiger partial charge in [0.2, 0.25) is 0 Å². The SMILES string of the molecule is O=C(OC1C=CC(OC(=O)c2ccccc2)C(O)(CO)C1O)c1ccccc1. The maximum atomic E-state index is 12.3. The number of carbonyl (C=O) groups excluding carboxylic acids is 2. The fraction of sp³-hybridized carbons (Fsp3) is 0.238. The minimum absolute atomic E-state index is 0.253. The van der Waals surface area contributed by atoms with E-state index in [9.17, 15) is 24.9 Å². The van der Waals surface area contributed by atoms with Gasteiger partial charge in [-0.2, -0.15) is 0 Å².